The van der Waals surface area contributed by atoms with Gasteiger partial charge in [0.05, 0.1) is 5.92 Å². The van der Waals surface area contributed by atoms with Crippen molar-refractivity contribution < 1.29 is 14.4 Å². The van der Waals surface area contributed by atoms with E-state index in [9.17, 15) is 9.59 Å². The largest absolute Gasteiger partial charge is 0.340 e. The molecule has 0 radical (unpaired) electrons. The van der Waals surface area contributed by atoms with Gasteiger partial charge in [-0.2, -0.15) is 5.48 Å². The lowest BCUT2D eigenvalue weighted by molar-refractivity contribution is -0.153. The van der Waals surface area contributed by atoms with Crippen LogP contribution in [-0.4, -0.2) is 11.9 Å². The zero-order valence-corrected chi connectivity index (χ0v) is 16.0. The van der Waals surface area contributed by atoms with Crippen molar-refractivity contribution in [2.24, 2.45) is 5.92 Å². The summed E-state index contributed by atoms with van der Waals surface area (Å²) < 4.78 is 0. The van der Waals surface area contributed by atoms with E-state index in [2.05, 4.69) is 25.4 Å². The Bertz CT molecular complexity index is 857. The minimum atomic E-state index is -0.344. The first-order valence-corrected chi connectivity index (χ1v) is 10.1. The van der Waals surface area contributed by atoms with Crippen LogP contribution in [0.5, 0.6) is 0 Å². The Morgan fingerprint density at radius 3 is 2.46 bits per heavy atom. The highest BCUT2D eigenvalue weighted by atomic mass is 32.1. The fourth-order valence-corrected chi connectivity index (χ4v) is 5.39. The van der Waals surface area contributed by atoms with Crippen molar-refractivity contribution in [2.75, 3.05) is 0 Å². The standard InChI is InChI=1S/C21H23NO3S/c1-12-18-10-15(11-19(18)13(2)26-12)21(24)25-22-20(23)17-9-5-7-14-6-3-4-8-16(14)17/h5,7,9,15H,3-4,6,8,10-11H2,1-2H3,(H,22,23). The molecule has 0 atom stereocenters. The molecule has 1 N–H and O–H groups in total. The molecule has 0 fully saturated rings. The molecule has 1 heterocycles. The lowest BCUT2D eigenvalue weighted by Crippen LogP contribution is -2.32. The fraction of sp³-hybridized carbons (Fsp3) is 0.429. The number of amides is 1. The van der Waals surface area contributed by atoms with Crippen LogP contribution in [0.15, 0.2) is 18.2 Å². The second kappa shape index (κ2) is 6.88. The van der Waals surface area contributed by atoms with Gasteiger partial charge in [-0.3, -0.25) is 4.79 Å². The highest BCUT2D eigenvalue weighted by Crippen LogP contribution is 2.37. The zero-order chi connectivity index (χ0) is 18.3. The predicted molar refractivity (Wildman–Crippen MR) is 101 cm³/mol. The molecule has 136 valence electrons. The summed E-state index contributed by atoms with van der Waals surface area (Å²) in [4.78, 5) is 32.7. The molecule has 0 saturated carbocycles. The number of hydrogen-bond acceptors (Lipinski definition) is 4. The smallest absolute Gasteiger partial charge is 0.335 e. The third-order valence-corrected chi connectivity index (χ3v) is 6.74. The van der Waals surface area contributed by atoms with Gasteiger partial charge in [0, 0.05) is 15.3 Å². The van der Waals surface area contributed by atoms with Gasteiger partial charge in [-0.25, -0.2) is 4.79 Å². The Hall–Kier alpha value is -2.14. The van der Waals surface area contributed by atoms with E-state index in [1.54, 1.807) is 11.3 Å². The maximum atomic E-state index is 12.5. The molecule has 0 aliphatic heterocycles. The van der Waals surface area contributed by atoms with Gasteiger partial charge in [-0.05, 0) is 80.7 Å². The molecule has 2 aliphatic rings. The third-order valence-electron chi connectivity index (χ3n) is 5.64. The fourth-order valence-electron chi connectivity index (χ4n) is 4.27. The first-order valence-electron chi connectivity index (χ1n) is 9.24. The van der Waals surface area contributed by atoms with Gasteiger partial charge in [-0.15, -0.1) is 11.3 Å². The number of rotatable bonds is 2. The SMILES string of the molecule is Cc1sc(C)c2c1CC(C(=O)ONC(=O)c1cccc3c1CCCC3)C2. The normalized spacial score (nSPS) is 16.1. The molecule has 2 aromatic rings. The molecule has 0 unspecified atom stereocenters. The van der Waals surface area contributed by atoms with E-state index in [4.69, 9.17) is 4.84 Å². The van der Waals surface area contributed by atoms with E-state index in [1.165, 1.54) is 26.4 Å². The molecule has 1 aromatic heterocycles. The van der Waals surface area contributed by atoms with Crippen LogP contribution in [0.25, 0.3) is 0 Å². The van der Waals surface area contributed by atoms with E-state index >= 15 is 0 Å². The maximum Gasteiger partial charge on any atom is 0.335 e. The molecule has 5 heteroatoms. The molecule has 2 aliphatic carbocycles. The van der Waals surface area contributed by atoms with Crippen molar-refractivity contribution in [3.63, 3.8) is 0 Å². The quantitative estimate of drug-likeness (QED) is 0.818. The van der Waals surface area contributed by atoms with Crippen LogP contribution < -0.4 is 5.48 Å². The molecular weight excluding hydrogens is 346 g/mol. The molecule has 4 nitrogen and oxygen atoms in total. The Labute approximate surface area is 157 Å². The van der Waals surface area contributed by atoms with Crippen molar-refractivity contribution in [2.45, 2.75) is 52.4 Å². The molecule has 0 saturated heterocycles. The van der Waals surface area contributed by atoms with Gasteiger partial charge >= 0.3 is 5.97 Å². The van der Waals surface area contributed by atoms with Crippen molar-refractivity contribution in [1.82, 2.24) is 5.48 Å². The second-order valence-corrected chi connectivity index (χ2v) is 8.71. The highest BCUT2D eigenvalue weighted by molar-refractivity contribution is 7.12. The van der Waals surface area contributed by atoms with Crippen molar-refractivity contribution >= 4 is 23.2 Å². The molecule has 26 heavy (non-hydrogen) atoms. The number of aryl methyl sites for hydroxylation is 3. The number of carbonyl (C=O) groups excluding carboxylic acids is 2. The summed E-state index contributed by atoms with van der Waals surface area (Å²) in [5.74, 6) is -0.865. The number of carbonyl (C=O) groups is 2. The minimum Gasteiger partial charge on any atom is -0.340 e. The summed E-state index contributed by atoms with van der Waals surface area (Å²) in [5, 5.41) is 0. The third kappa shape index (κ3) is 3.05. The predicted octanol–water partition coefficient (Wildman–Crippen LogP) is 3.85. The molecule has 0 bridgehead atoms. The number of hydrogen-bond donors (Lipinski definition) is 1. The van der Waals surface area contributed by atoms with E-state index in [1.807, 2.05) is 12.1 Å². The van der Waals surface area contributed by atoms with Gasteiger partial charge in [0.25, 0.3) is 5.91 Å². The Balaban J connectivity index is 1.40. The van der Waals surface area contributed by atoms with Crippen molar-refractivity contribution in [3.05, 3.63) is 55.8 Å². The average molecular weight is 369 g/mol. The average Bonchev–Trinajstić information content (AvgIpc) is 3.20. The lowest BCUT2D eigenvalue weighted by Gasteiger charge is -2.19. The minimum absolute atomic E-state index is 0.198. The Morgan fingerprint density at radius 1 is 1.04 bits per heavy atom. The monoisotopic (exact) mass is 369 g/mol. The van der Waals surface area contributed by atoms with E-state index in [0.29, 0.717) is 18.4 Å². The van der Waals surface area contributed by atoms with E-state index in [-0.39, 0.29) is 17.8 Å². The van der Waals surface area contributed by atoms with Crippen LogP contribution in [0, 0.1) is 19.8 Å². The summed E-state index contributed by atoms with van der Waals surface area (Å²) in [6, 6.07) is 5.80. The van der Waals surface area contributed by atoms with Crippen LogP contribution in [0.1, 0.15) is 55.2 Å². The van der Waals surface area contributed by atoms with Crippen LogP contribution in [0.4, 0.5) is 0 Å². The first-order chi connectivity index (χ1) is 12.5. The number of fused-ring (bicyclic) bond motifs is 2. The number of thiophene rings is 1. The zero-order valence-electron chi connectivity index (χ0n) is 15.2. The molecule has 0 spiro atoms. The summed E-state index contributed by atoms with van der Waals surface area (Å²) >= 11 is 1.79. The highest BCUT2D eigenvalue weighted by Gasteiger charge is 2.33. The number of nitrogens with one attached hydrogen (secondary N) is 1. The summed E-state index contributed by atoms with van der Waals surface area (Å²) in [6.07, 6.45) is 5.60. The van der Waals surface area contributed by atoms with Crippen LogP contribution in [0.2, 0.25) is 0 Å². The van der Waals surface area contributed by atoms with Gasteiger partial charge in [0.15, 0.2) is 0 Å². The molecular formula is C21H23NO3S. The summed E-state index contributed by atoms with van der Waals surface area (Å²) in [6.45, 7) is 4.20. The first kappa shape index (κ1) is 17.3. The maximum absolute atomic E-state index is 12.5. The van der Waals surface area contributed by atoms with Gasteiger partial charge < -0.3 is 4.84 Å². The van der Waals surface area contributed by atoms with Gasteiger partial charge in [0.1, 0.15) is 0 Å². The van der Waals surface area contributed by atoms with Crippen molar-refractivity contribution in [3.8, 4) is 0 Å². The van der Waals surface area contributed by atoms with Crippen LogP contribution >= 0.6 is 11.3 Å². The van der Waals surface area contributed by atoms with E-state index < -0.39 is 0 Å². The lowest BCUT2D eigenvalue weighted by atomic mass is 9.88. The van der Waals surface area contributed by atoms with Gasteiger partial charge in [0.2, 0.25) is 0 Å². The number of hydroxylamine groups is 1. The second-order valence-electron chi connectivity index (χ2n) is 7.28. The molecule has 1 aromatic carbocycles. The van der Waals surface area contributed by atoms with Crippen LogP contribution in [-0.2, 0) is 35.3 Å². The topological polar surface area (TPSA) is 55.4 Å². The van der Waals surface area contributed by atoms with E-state index in [0.717, 1.165) is 31.2 Å². The Morgan fingerprint density at radius 2 is 1.73 bits per heavy atom. The van der Waals surface area contributed by atoms with Crippen molar-refractivity contribution in [1.29, 1.82) is 0 Å². The van der Waals surface area contributed by atoms with Gasteiger partial charge in [-0.1, -0.05) is 12.1 Å². The summed E-state index contributed by atoms with van der Waals surface area (Å²) in [5.41, 5.74) is 7.93. The molecule has 1 amide bonds. The number of benzene rings is 1. The summed E-state index contributed by atoms with van der Waals surface area (Å²) in [7, 11) is 0. The van der Waals surface area contributed by atoms with Crippen LogP contribution in [0.3, 0.4) is 0 Å². The molecule has 4 rings (SSSR count). The Kier molecular flexibility index (Phi) is 4.57.